The minimum absolute atomic E-state index is 0.00535. The van der Waals surface area contributed by atoms with Gasteiger partial charge in [0, 0.05) is 65.9 Å². The van der Waals surface area contributed by atoms with Crippen LogP contribution in [0.3, 0.4) is 0 Å². The summed E-state index contributed by atoms with van der Waals surface area (Å²) in [6.45, 7) is 0.184. The lowest BCUT2D eigenvalue weighted by Gasteiger charge is -2.39. The van der Waals surface area contributed by atoms with Gasteiger partial charge in [0.2, 0.25) is 0 Å². The molecule has 3 aromatic carbocycles. The molecule has 0 aliphatic carbocycles. The number of alkyl halides is 26. The van der Waals surface area contributed by atoms with Crippen molar-refractivity contribution < 1.29 is 129 Å². The molecule has 1 unspecified atom stereocenters. The number of hydrogen-bond acceptors (Lipinski definition) is 6. The predicted octanol–water partition coefficient (Wildman–Crippen LogP) is 13.2. The minimum atomic E-state index is -8.28. The number of phenols is 3. The highest BCUT2D eigenvalue weighted by molar-refractivity contribution is 5.85. The fourth-order valence-corrected chi connectivity index (χ4v) is 5.68. The minimum Gasteiger partial charge on any atom is -0.507 e. The third kappa shape index (κ3) is 10.1. The smallest absolute Gasteiger partial charge is 0.460 e. The van der Waals surface area contributed by atoms with Gasteiger partial charge < -0.3 is 15.3 Å². The first-order valence-corrected chi connectivity index (χ1v) is 18.5. The van der Waals surface area contributed by atoms with Crippen LogP contribution in [-0.2, 0) is 11.8 Å². The predicted molar refractivity (Wildman–Crippen MR) is 194 cm³/mol. The second-order valence-corrected chi connectivity index (χ2v) is 15.5. The van der Waals surface area contributed by atoms with Gasteiger partial charge in [-0.15, -0.1) is 0 Å². The van der Waals surface area contributed by atoms with Crippen molar-refractivity contribution in [2.45, 2.75) is 85.4 Å². The molecule has 0 saturated carbocycles. The third-order valence-corrected chi connectivity index (χ3v) is 9.96. The first-order valence-electron chi connectivity index (χ1n) is 18.5. The number of para-hydroxylation sites is 1. The van der Waals surface area contributed by atoms with E-state index in [-0.39, 0.29) is 42.3 Å². The standard InChI is InChI=1S/C39H27F26N3O3/c1-18-6-8-24(69)20(10-18)13-67-16-27(2,15-66-12-19-4-3-5-23(26(19)71)29(42,43)31(46,47)33(50,51)35(54,55)37(58,59)39(63,64)65)17-68-14-21-11-22(7-9-25(21)70)28(40,41)30(44,45)32(48,49)34(52,53)36(56,57)38(60,61)62/h3-14,69-71H,15-17H2,1-2H3. The Kier molecular flexibility index (Phi) is 15.7. The van der Waals surface area contributed by atoms with Crippen LogP contribution >= 0.6 is 0 Å². The number of nitrogens with zero attached hydrogens (tertiary/aromatic N) is 3. The maximum absolute atomic E-state index is 15.0. The maximum Gasteiger partial charge on any atom is 0.460 e. The first-order chi connectivity index (χ1) is 31.6. The van der Waals surface area contributed by atoms with Crippen LogP contribution < -0.4 is 0 Å². The Hall–Kier alpha value is -5.75. The van der Waals surface area contributed by atoms with Crippen LogP contribution in [-0.4, -0.2) is 113 Å². The van der Waals surface area contributed by atoms with Crippen molar-refractivity contribution in [2.75, 3.05) is 19.6 Å². The molecule has 6 nitrogen and oxygen atoms in total. The summed E-state index contributed by atoms with van der Waals surface area (Å²) in [6, 6.07) is 3.44. The molecule has 32 heteroatoms. The molecule has 3 aromatic rings. The maximum atomic E-state index is 15.0. The van der Waals surface area contributed by atoms with E-state index >= 15 is 0 Å². The summed E-state index contributed by atoms with van der Waals surface area (Å²) in [5.74, 6) is -82.4. The van der Waals surface area contributed by atoms with Gasteiger partial charge in [0.25, 0.3) is 0 Å². The topological polar surface area (TPSA) is 97.8 Å². The molecule has 0 fully saturated rings. The second-order valence-electron chi connectivity index (χ2n) is 15.5. The molecule has 3 N–H and O–H groups in total. The fourth-order valence-electron chi connectivity index (χ4n) is 5.68. The molecule has 0 heterocycles. The monoisotopic (exact) mass is 1080 g/mol. The van der Waals surface area contributed by atoms with Crippen molar-refractivity contribution in [3.63, 3.8) is 0 Å². The molecular weight excluding hydrogens is 1050 g/mol. The van der Waals surface area contributed by atoms with Crippen LogP contribution in [0.1, 0.15) is 40.3 Å². The number of aliphatic imine (C=N–C) groups is 3. The molecule has 398 valence electrons. The summed E-state index contributed by atoms with van der Waals surface area (Å²) in [5, 5.41) is 30.6. The normalized spacial score (nSPS) is 15.9. The highest BCUT2D eigenvalue weighted by Gasteiger charge is 2.92. The summed E-state index contributed by atoms with van der Waals surface area (Å²) in [7, 11) is 0. The lowest BCUT2D eigenvalue weighted by atomic mass is 9.89. The van der Waals surface area contributed by atoms with Gasteiger partial charge in [0.1, 0.15) is 17.2 Å². The quantitative estimate of drug-likeness (QED) is 0.0824. The molecule has 0 aliphatic heterocycles. The molecule has 0 aliphatic rings. The third-order valence-electron chi connectivity index (χ3n) is 9.96. The van der Waals surface area contributed by atoms with E-state index in [1.165, 1.54) is 25.1 Å². The number of rotatable bonds is 19. The lowest BCUT2D eigenvalue weighted by Crippen LogP contribution is -2.69. The zero-order chi connectivity index (χ0) is 55.4. The Morgan fingerprint density at radius 1 is 0.408 bits per heavy atom. The second kappa shape index (κ2) is 18.7. The van der Waals surface area contributed by atoms with Crippen molar-refractivity contribution in [3.8, 4) is 17.2 Å². The van der Waals surface area contributed by atoms with Gasteiger partial charge in [0.05, 0.1) is 5.56 Å². The fraction of sp³-hybridized carbons (Fsp3) is 0.462. The molecule has 3 rings (SSSR count). The summed E-state index contributed by atoms with van der Waals surface area (Å²) in [5.41, 5.74) is -9.07. The molecule has 0 aromatic heterocycles. The lowest BCUT2D eigenvalue weighted by molar-refractivity contribution is -0.441. The van der Waals surface area contributed by atoms with Gasteiger partial charge >= 0.3 is 71.6 Å². The molecule has 1 atom stereocenters. The summed E-state index contributed by atoms with van der Waals surface area (Å²) in [6.07, 6.45) is -14.0. The Morgan fingerprint density at radius 3 is 1.17 bits per heavy atom. The van der Waals surface area contributed by atoms with Crippen molar-refractivity contribution in [1.29, 1.82) is 0 Å². The van der Waals surface area contributed by atoms with Crippen molar-refractivity contribution in [2.24, 2.45) is 20.4 Å². The van der Waals surface area contributed by atoms with E-state index in [9.17, 15) is 129 Å². The molecule has 0 spiro atoms. The van der Waals surface area contributed by atoms with Gasteiger partial charge in [-0.05, 0) is 49.4 Å². The number of aromatic hydroxyl groups is 3. The van der Waals surface area contributed by atoms with Gasteiger partial charge in [-0.1, -0.05) is 24.6 Å². The van der Waals surface area contributed by atoms with Crippen LogP contribution in [0.15, 0.2) is 69.6 Å². The van der Waals surface area contributed by atoms with Crippen LogP contribution in [0.5, 0.6) is 17.2 Å². The zero-order valence-corrected chi connectivity index (χ0v) is 34.6. The van der Waals surface area contributed by atoms with Crippen molar-refractivity contribution >= 4 is 18.6 Å². The molecule has 0 radical (unpaired) electrons. The van der Waals surface area contributed by atoms with Gasteiger partial charge in [-0.2, -0.15) is 114 Å². The summed E-state index contributed by atoms with van der Waals surface area (Å²) >= 11 is 0. The highest BCUT2D eigenvalue weighted by atomic mass is 19.4. The van der Waals surface area contributed by atoms with Crippen LogP contribution in [0.4, 0.5) is 114 Å². The van der Waals surface area contributed by atoms with Gasteiger partial charge in [-0.3, -0.25) is 15.0 Å². The van der Waals surface area contributed by atoms with E-state index < -0.39 is 142 Å². The summed E-state index contributed by atoms with van der Waals surface area (Å²) in [4.78, 5) is 11.3. The SMILES string of the molecule is Cc1ccc(O)c(C=NCC(C)(CN=Cc2cc(C(F)(F)C(F)(F)C(F)(F)C(F)(F)C(F)(F)C(F)(F)F)ccc2O)CN=Cc2cccc(C(F)(F)C(F)(F)C(F)(F)C(F)(F)C(F)(F)C(F)(F)F)c2O)c1. The van der Waals surface area contributed by atoms with Crippen molar-refractivity contribution in [3.05, 3.63) is 88.0 Å². The number of aryl methyl sites for hydroxylation is 1. The Bertz CT molecular complexity index is 2480. The molecule has 0 bridgehead atoms. The van der Waals surface area contributed by atoms with E-state index in [1.807, 2.05) is 0 Å². The van der Waals surface area contributed by atoms with E-state index in [1.54, 1.807) is 0 Å². The van der Waals surface area contributed by atoms with Crippen LogP contribution in [0, 0.1) is 12.3 Å². The average Bonchev–Trinajstić information content (AvgIpc) is 3.21. The van der Waals surface area contributed by atoms with E-state index in [4.69, 9.17) is 0 Å². The van der Waals surface area contributed by atoms with Crippen molar-refractivity contribution in [1.82, 2.24) is 0 Å². The molecule has 0 amide bonds. The highest BCUT2D eigenvalue weighted by Crippen LogP contribution is 2.64. The first kappa shape index (κ1) is 59.6. The van der Waals surface area contributed by atoms with E-state index in [0.29, 0.717) is 11.6 Å². The Balaban J connectivity index is 2.08. The van der Waals surface area contributed by atoms with E-state index in [2.05, 4.69) is 15.0 Å². The number of halogens is 26. The Labute approximate surface area is 379 Å². The van der Waals surface area contributed by atoms with Crippen LogP contribution in [0.2, 0.25) is 0 Å². The zero-order valence-electron chi connectivity index (χ0n) is 34.6. The summed E-state index contributed by atoms with van der Waals surface area (Å²) < 4.78 is 359. The van der Waals surface area contributed by atoms with E-state index in [0.717, 1.165) is 13.1 Å². The van der Waals surface area contributed by atoms with Gasteiger partial charge in [-0.25, -0.2) is 0 Å². The number of benzene rings is 3. The molecular formula is C39H27F26N3O3. The molecule has 0 saturated heterocycles. The largest absolute Gasteiger partial charge is 0.507 e. The number of hydrogen-bond donors (Lipinski definition) is 3. The van der Waals surface area contributed by atoms with Gasteiger partial charge in [0.15, 0.2) is 0 Å². The average molecular weight is 1080 g/mol. The van der Waals surface area contributed by atoms with Crippen LogP contribution in [0.25, 0.3) is 0 Å². The molecule has 71 heavy (non-hydrogen) atoms. The Morgan fingerprint density at radius 2 is 0.761 bits per heavy atom. The number of phenolic OH excluding ortho intramolecular Hbond substituents is 3.